The standard InChI is InChI=1S/C16H22N2/c1-12-3-4-15-7-9-18(16(15)11-12)10-8-17-13(2)14-5-6-14/h3-4,7,9,11,13-14,17H,5-6,8,10H2,1-2H3. The first-order chi connectivity index (χ1) is 8.74. The van der Waals surface area contributed by atoms with Crippen molar-refractivity contribution < 1.29 is 0 Å². The quantitative estimate of drug-likeness (QED) is 0.851. The van der Waals surface area contributed by atoms with Gasteiger partial charge in [-0.05, 0) is 55.7 Å². The Morgan fingerprint density at radius 3 is 2.94 bits per heavy atom. The Labute approximate surface area is 109 Å². The molecule has 1 aromatic carbocycles. The van der Waals surface area contributed by atoms with E-state index in [1.807, 2.05) is 0 Å². The van der Waals surface area contributed by atoms with Crippen LogP contribution in [0.3, 0.4) is 0 Å². The largest absolute Gasteiger partial charge is 0.346 e. The Bertz CT molecular complexity index is 537. The van der Waals surface area contributed by atoms with Crippen LogP contribution >= 0.6 is 0 Å². The van der Waals surface area contributed by atoms with E-state index in [0.29, 0.717) is 6.04 Å². The second kappa shape index (κ2) is 4.77. The summed E-state index contributed by atoms with van der Waals surface area (Å²) in [6.45, 7) is 6.60. The first-order valence-corrected chi connectivity index (χ1v) is 7.03. The average Bonchev–Trinajstić information content (AvgIpc) is 3.13. The van der Waals surface area contributed by atoms with E-state index in [2.05, 4.69) is 54.2 Å². The second-order valence-corrected chi connectivity index (χ2v) is 5.65. The third kappa shape index (κ3) is 2.44. The van der Waals surface area contributed by atoms with Gasteiger partial charge in [0.1, 0.15) is 0 Å². The van der Waals surface area contributed by atoms with Crippen LogP contribution in [0.1, 0.15) is 25.3 Å². The number of nitrogens with zero attached hydrogens (tertiary/aromatic N) is 1. The maximum atomic E-state index is 3.64. The summed E-state index contributed by atoms with van der Waals surface area (Å²) in [7, 11) is 0. The molecule has 0 spiro atoms. The Balaban J connectivity index is 1.64. The summed E-state index contributed by atoms with van der Waals surface area (Å²) < 4.78 is 2.36. The van der Waals surface area contributed by atoms with Crippen molar-refractivity contribution >= 4 is 10.9 Å². The molecule has 96 valence electrons. The number of nitrogens with one attached hydrogen (secondary N) is 1. The van der Waals surface area contributed by atoms with E-state index in [-0.39, 0.29) is 0 Å². The van der Waals surface area contributed by atoms with E-state index in [4.69, 9.17) is 0 Å². The fraction of sp³-hybridized carbons (Fsp3) is 0.500. The van der Waals surface area contributed by atoms with Gasteiger partial charge in [-0.2, -0.15) is 0 Å². The third-order valence-electron chi connectivity index (χ3n) is 4.08. The molecule has 1 unspecified atom stereocenters. The molecule has 0 bridgehead atoms. The molecular weight excluding hydrogens is 220 g/mol. The van der Waals surface area contributed by atoms with Gasteiger partial charge in [-0.15, -0.1) is 0 Å². The molecule has 1 N–H and O–H groups in total. The molecule has 1 aromatic heterocycles. The summed E-state index contributed by atoms with van der Waals surface area (Å²) in [6.07, 6.45) is 5.03. The Morgan fingerprint density at radius 1 is 1.33 bits per heavy atom. The van der Waals surface area contributed by atoms with Crippen LogP contribution in [0.4, 0.5) is 0 Å². The topological polar surface area (TPSA) is 17.0 Å². The average molecular weight is 242 g/mol. The van der Waals surface area contributed by atoms with Crippen molar-refractivity contribution in [3.63, 3.8) is 0 Å². The normalized spacial score (nSPS) is 17.2. The molecule has 0 amide bonds. The van der Waals surface area contributed by atoms with E-state index in [1.54, 1.807) is 0 Å². The third-order valence-corrected chi connectivity index (χ3v) is 4.08. The van der Waals surface area contributed by atoms with Crippen LogP contribution in [-0.4, -0.2) is 17.2 Å². The van der Waals surface area contributed by atoms with Crippen molar-refractivity contribution in [1.29, 1.82) is 0 Å². The highest BCUT2D eigenvalue weighted by Gasteiger charge is 2.27. The minimum atomic E-state index is 0.688. The van der Waals surface area contributed by atoms with E-state index in [1.165, 1.54) is 29.3 Å². The molecule has 2 heteroatoms. The maximum Gasteiger partial charge on any atom is 0.0483 e. The summed E-state index contributed by atoms with van der Waals surface area (Å²) in [4.78, 5) is 0. The van der Waals surface area contributed by atoms with Crippen LogP contribution < -0.4 is 5.32 Å². The molecule has 1 fully saturated rings. The van der Waals surface area contributed by atoms with Crippen LogP contribution in [0.5, 0.6) is 0 Å². The lowest BCUT2D eigenvalue weighted by Crippen LogP contribution is -2.30. The van der Waals surface area contributed by atoms with Crippen molar-refractivity contribution in [2.45, 2.75) is 39.3 Å². The number of benzene rings is 1. The van der Waals surface area contributed by atoms with Crippen LogP contribution in [0, 0.1) is 12.8 Å². The highest BCUT2D eigenvalue weighted by Crippen LogP contribution is 2.32. The van der Waals surface area contributed by atoms with E-state index in [9.17, 15) is 0 Å². The van der Waals surface area contributed by atoms with Gasteiger partial charge in [-0.25, -0.2) is 0 Å². The van der Waals surface area contributed by atoms with Gasteiger partial charge in [-0.1, -0.05) is 12.1 Å². The number of aromatic nitrogens is 1. The minimum Gasteiger partial charge on any atom is -0.346 e. The van der Waals surface area contributed by atoms with Crippen molar-refractivity contribution in [3.05, 3.63) is 36.0 Å². The summed E-state index contributed by atoms with van der Waals surface area (Å²) in [6, 6.07) is 9.56. The summed E-state index contributed by atoms with van der Waals surface area (Å²) >= 11 is 0. The van der Waals surface area contributed by atoms with Gasteiger partial charge in [-0.3, -0.25) is 0 Å². The predicted molar refractivity (Wildman–Crippen MR) is 76.9 cm³/mol. The Kier molecular flexibility index (Phi) is 3.13. The molecule has 0 aliphatic heterocycles. The number of hydrogen-bond donors (Lipinski definition) is 1. The molecular formula is C16H22N2. The summed E-state index contributed by atoms with van der Waals surface area (Å²) in [5.74, 6) is 0.939. The zero-order valence-electron chi connectivity index (χ0n) is 11.3. The van der Waals surface area contributed by atoms with Gasteiger partial charge in [0.15, 0.2) is 0 Å². The zero-order valence-corrected chi connectivity index (χ0v) is 11.3. The highest BCUT2D eigenvalue weighted by molar-refractivity contribution is 5.80. The van der Waals surface area contributed by atoms with Gasteiger partial charge >= 0.3 is 0 Å². The molecule has 1 saturated carbocycles. The number of aryl methyl sites for hydroxylation is 1. The molecule has 18 heavy (non-hydrogen) atoms. The molecule has 2 aromatic rings. The number of fused-ring (bicyclic) bond motifs is 1. The first kappa shape index (κ1) is 11.8. The molecule has 3 rings (SSSR count). The lowest BCUT2D eigenvalue weighted by Gasteiger charge is -2.13. The van der Waals surface area contributed by atoms with Gasteiger partial charge in [0.2, 0.25) is 0 Å². The van der Waals surface area contributed by atoms with E-state index >= 15 is 0 Å². The molecule has 2 nitrogen and oxygen atoms in total. The SMILES string of the molecule is Cc1ccc2ccn(CCNC(C)C3CC3)c2c1. The summed E-state index contributed by atoms with van der Waals surface area (Å²) in [5, 5.41) is 4.98. The molecule has 0 radical (unpaired) electrons. The molecule has 1 aliphatic rings. The maximum absolute atomic E-state index is 3.64. The van der Waals surface area contributed by atoms with Gasteiger partial charge in [0, 0.05) is 30.8 Å². The summed E-state index contributed by atoms with van der Waals surface area (Å²) in [5.41, 5.74) is 2.69. The fourth-order valence-corrected chi connectivity index (χ4v) is 2.66. The van der Waals surface area contributed by atoms with E-state index in [0.717, 1.165) is 19.0 Å². The molecule has 1 heterocycles. The van der Waals surface area contributed by atoms with Crippen LogP contribution in [0.25, 0.3) is 10.9 Å². The van der Waals surface area contributed by atoms with Gasteiger partial charge in [0.05, 0.1) is 0 Å². The predicted octanol–water partition coefficient (Wildman–Crippen LogP) is 3.34. The number of rotatable bonds is 5. The van der Waals surface area contributed by atoms with Crippen molar-refractivity contribution in [3.8, 4) is 0 Å². The number of hydrogen-bond acceptors (Lipinski definition) is 1. The van der Waals surface area contributed by atoms with Crippen LogP contribution in [0.2, 0.25) is 0 Å². The van der Waals surface area contributed by atoms with Crippen LogP contribution in [-0.2, 0) is 6.54 Å². The van der Waals surface area contributed by atoms with Gasteiger partial charge < -0.3 is 9.88 Å². The van der Waals surface area contributed by atoms with Crippen molar-refractivity contribution in [2.75, 3.05) is 6.54 Å². The Morgan fingerprint density at radius 2 is 2.17 bits per heavy atom. The highest BCUT2D eigenvalue weighted by atomic mass is 15.0. The zero-order chi connectivity index (χ0) is 12.5. The molecule has 0 saturated heterocycles. The fourth-order valence-electron chi connectivity index (χ4n) is 2.66. The first-order valence-electron chi connectivity index (χ1n) is 7.03. The lowest BCUT2D eigenvalue weighted by atomic mass is 10.2. The monoisotopic (exact) mass is 242 g/mol. The second-order valence-electron chi connectivity index (χ2n) is 5.65. The van der Waals surface area contributed by atoms with Crippen molar-refractivity contribution in [1.82, 2.24) is 9.88 Å². The van der Waals surface area contributed by atoms with Gasteiger partial charge in [0.25, 0.3) is 0 Å². The van der Waals surface area contributed by atoms with Crippen molar-refractivity contribution in [2.24, 2.45) is 5.92 Å². The lowest BCUT2D eigenvalue weighted by molar-refractivity contribution is 0.478. The smallest absolute Gasteiger partial charge is 0.0483 e. The Hall–Kier alpha value is -1.28. The van der Waals surface area contributed by atoms with Crippen LogP contribution in [0.15, 0.2) is 30.5 Å². The molecule has 1 atom stereocenters. The minimum absolute atomic E-state index is 0.688. The van der Waals surface area contributed by atoms with E-state index < -0.39 is 0 Å². The molecule has 1 aliphatic carbocycles.